The molecule has 0 aromatic rings. The number of isocyanates is 1. The summed E-state index contributed by atoms with van der Waals surface area (Å²) in [5.74, 6) is -2.20. The Bertz CT molecular complexity index is 499. The summed E-state index contributed by atoms with van der Waals surface area (Å²) in [6, 6.07) is 0. The Morgan fingerprint density at radius 2 is 2.22 bits per heavy atom. The largest absolute Gasteiger partial charge is 0.447 e. The first kappa shape index (κ1) is 15.6. The number of ether oxygens (including phenoxy) is 2. The average molecular weight is 285 g/mol. The Balaban J connectivity index is 4.99. The van der Waals surface area contributed by atoms with Gasteiger partial charge in [-0.05, 0) is 12.2 Å². The van der Waals surface area contributed by atoms with Gasteiger partial charge in [0.05, 0.1) is 5.16 Å². The van der Waals surface area contributed by atoms with Gasteiger partial charge in [0.1, 0.15) is 11.9 Å². The number of hydrogen-bond donors (Lipinski definition) is 0. The van der Waals surface area contributed by atoms with Crippen LogP contribution in [0.3, 0.4) is 0 Å². The zero-order valence-electron chi connectivity index (χ0n) is 8.69. The predicted octanol–water partition coefficient (Wildman–Crippen LogP) is 1.08. The summed E-state index contributed by atoms with van der Waals surface area (Å²) in [6.07, 6.45) is 1.02. The van der Waals surface area contributed by atoms with Crippen LogP contribution in [0.2, 0.25) is 0 Å². The molecule has 92 valence electrons. The molecule has 11 heteroatoms. The van der Waals surface area contributed by atoms with E-state index in [1.165, 1.54) is 11.7 Å². The van der Waals surface area contributed by atoms with Crippen molar-refractivity contribution < 1.29 is 19.1 Å². The summed E-state index contributed by atoms with van der Waals surface area (Å²) in [7, 11) is 0. The second kappa shape index (κ2) is 7.79. The number of nitriles is 2. The van der Waals surface area contributed by atoms with E-state index < -0.39 is 12.0 Å². The number of nitrogens with zero attached hydrogens (tertiary/aromatic N) is 5. The number of aliphatic imine (C=N–C) groups is 1. The quantitative estimate of drug-likeness (QED) is 0.139. The number of carbonyl (C=O) groups excluding carboxylic acids is 2. The summed E-state index contributed by atoms with van der Waals surface area (Å²) >= 11 is 4.52. The molecule has 0 fully saturated rings. The number of hydrogen-bond acceptors (Lipinski definition) is 10. The van der Waals surface area contributed by atoms with Gasteiger partial charge in [-0.15, -0.1) is 9.41 Å². The van der Waals surface area contributed by atoms with E-state index in [0.29, 0.717) is 4.41 Å². The van der Waals surface area contributed by atoms with Crippen LogP contribution in [0.15, 0.2) is 10.1 Å². The van der Waals surface area contributed by atoms with Gasteiger partial charge in [-0.2, -0.15) is 10.5 Å². The first-order valence-corrected chi connectivity index (χ1v) is 5.04. The van der Waals surface area contributed by atoms with Gasteiger partial charge >= 0.3 is 12.0 Å². The van der Waals surface area contributed by atoms with E-state index in [4.69, 9.17) is 10.5 Å². The van der Waals surface area contributed by atoms with Crippen LogP contribution in [0.25, 0.3) is 0 Å². The Morgan fingerprint density at radius 3 is 2.67 bits per heavy atom. The molecule has 1 amide bonds. The van der Waals surface area contributed by atoms with Gasteiger partial charge < -0.3 is 9.47 Å². The number of isothiocyanates is 1. The second-order valence-electron chi connectivity index (χ2n) is 2.31. The molecule has 9 nitrogen and oxygen atoms in total. The van der Waals surface area contributed by atoms with Crippen LogP contribution in [0.1, 0.15) is 6.92 Å². The van der Waals surface area contributed by atoms with Crippen LogP contribution in [-0.4, -0.2) is 27.7 Å². The van der Waals surface area contributed by atoms with E-state index in [1.54, 1.807) is 0 Å². The maximum Gasteiger partial charge on any atom is 0.447 e. The zero-order valence-corrected chi connectivity index (χ0v) is 10.3. The lowest BCUT2D eigenvalue weighted by Gasteiger charge is -2.20. The van der Waals surface area contributed by atoms with Gasteiger partial charge in [-0.1, -0.05) is 5.10 Å². The third-order valence-electron chi connectivity index (χ3n) is 1.18. The van der Waals surface area contributed by atoms with Crippen LogP contribution in [0.5, 0.6) is 0 Å². The smallest absolute Gasteiger partial charge is 0.382 e. The zero-order chi connectivity index (χ0) is 14.0. The number of amides is 1. The number of thiocyanates is 1. The average Bonchev–Trinajstić information content (AvgIpc) is 2.29. The summed E-state index contributed by atoms with van der Waals surface area (Å²) in [5, 5.41) is 23.3. The van der Waals surface area contributed by atoms with Crippen molar-refractivity contribution in [1.29, 1.82) is 10.5 Å². The minimum Gasteiger partial charge on any atom is -0.382 e. The molecule has 0 rings (SSSR count). The summed E-state index contributed by atoms with van der Waals surface area (Å²) in [5.41, 5.74) is 0. The van der Waals surface area contributed by atoms with Crippen molar-refractivity contribution in [2.24, 2.45) is 10.1 Å². The molecule has 0 aliphatic heterocycles. The summed E-state index contributed by atoms with van der Waals surface area (Å²) in [4.78, 5) is 24.6. The standard InChI is InChI=1S/C7H3N5O4S2/c1-7(10-4-13,15-2-8)16-6(14)12(11-5-17)18-3-9/h1H3. The van der Waals surface area contributed by atoms with Gasteiger partial charge in [0.15, 0.2) is 5.40 Å². The molecule has 0 aromatic carbocycles. The molecular weight excluding hydrogens is 282 g/mol. The molecule has 0 spiro atoms. The summed E-state index contributed by atoms with van der Waals surface area (Å²) in [6.45, 7) is 1.01. The van der Waals surface area contributed by atoms with Crippen molar-refractivity contribution >= 4 is 41.5 Å². The van der Waals surface area contributed by atoms with E-state index in [2.05, 4.69) is 31.8 Å². The molecule has 0 saturated heterocycles. The molecule has 18 heavy (non-hydrogen) atoms. The first-order chi connectivity index (χ1) is 8.52. The molecular formula is C7H3N5O4S2. The van der Waals surface area contributed by atoms with Crippen molar-refractivity contribution in [1.82, 2.24) is 4.41 Å². The third-order valence-corrected chi connectivity index (χ3v) is 1.74. The number of hydrazone groups is 1. The van der Waals surface area contributed by atoms with Crippen molar-refractivity contribution in [3.8, 4) is 11.7 Å². The van der Waals surface area contributed by atoms with Gasteiger partial charge in [-0.25, -0.2) is 9.59 Å². The van der Waals surface area contributed by atoms with Crippen LogP contribution < -0.4 is 0 Å². The van der Waals surface area contributed by atoms with Crippen LogP contribution >= 0.6 is 24.2 Å². The third kappa shape index (κ3) is 5.07. The Morgan fingerprint density at radius 1 is 1.56 bits per heavy atom. The lowest BCUT2D eigenvalue weighted by Crippen LogP contribution is -2.35. The minimum atomic E-state index is -2.20. The molecule has 0 radical (unpaired) electrons. The highest BCUT2D eigenvalue weighted by Crippen LogP contribution is 2.18. The SMILES string of the molecule is CC(N=C=O)(OC#N)OC(=O)N(N=C=S)SC#N. The van der Waals surface area contributed by atoms with Crippen LogP contribution in [0.4, 0.5) is 4.79 Å². The van der Waals surface area contributed by atoms with E-state index in [1.807, 2.05) is 5.16 Å². The highest BCUT2D eigenvalue weighted by atomic mass is 32.2. The minimum absolute atomic E-state index is 0.276. The predicted molar refractivity (Wildman–Crippen MR) is 59.8 cm³/mol. The van der Waals surface area contributed by atoms with E-state index >= 15 is 0 Å². The molecule has 0 saturated carbocycles. The molecule has 0 N–H and O–H groups in total. The molecule has 0 aromatic heterocycles. The maximum absolute atomic E-state index is 11.5. The van der Waals surface area contributed by atoms with E-state index in [9.17, 15) is 9.59 Å². The van der Waals surface area contributed by atoms with Gasteiger partial charge in [-0.3, -0.25) is 0 Å². The topological polar surface area (TPSA) is 128 Å². The normalized spacial score (nSPS) is 11.3. The fourth-order valence-electron chi connectivity index (χ4n) is 0.609. The molecule has 0 aliphatic rings. The fraction of sp³-hybridized carbons (Fsp3) is 0.286. The van der Waals surface area contributed by atoms with Crippen molar-refractivity contribution in [3.63, 3.8) is 0 Å². The molecule has 0 bridgehead atoms. The van der Waals surface area contributed by atoms with Crippen molar-refractivity contribution in [2.75, 3.05) is 0 Å². The number of thiocarbonyl (C=S) groups is 1. The molecule has 1 unspecified atom stereocenters. The Kier molecular flexibility index (Phi) is 6.74. The Hall–Kier alpha value is -2.42. The lowest BCUT2D eigenvalue weighted by atomic mass is 10.6. The van der Waals surface area contributed by atoms with Crippen LogP contribution in [-0.2, 0) is 14.3 Å². The Labute approximate surface area is 110 Å². The van der Waals surface area contributed by atoms with Crippen molar-refractivity contribution in [2.45, 2.75) is 12.8 Å². The van der Waals surface area contributed by atoms with Crippen molar-refractivity contribution in [3.05, 3.63) is 0 Å². The highest BCUT2D eigenvalue weighted by Gasteiger charge is 2.34. The number of carbonyl (C=O) groups is 1. The lowest BCUT2D eigenvalue weighted by molar-refractivity contribution is -0.142. The van der Waals surface area contributed by atoms with Gasteiger partial charge in [0.2, 0.25) is 6.08 Å². The second-order valence-corrected chi connectivity index (χ2v) is 3.20. The first-order valence-electron chi connectivity index (χ1n) is 3.86. The van der Waals surface area contributed by atoms with Gasteiger partial charge in [0.25, 0.3) is 6.26 Å². The highest BCUT2D eigenvalue weighted by molar-refractivity contribution is 8.01. The van der Waals surface area contributed by atoms with Gasteiger partial charge in [0, 0.05) is 6.92 Å². The van der Waals surface area contributed by atoms with Crippen LogP contribution in [0, 0.1) is 22.2 Å². The monoisotopic (exact) mass is 285 g/mol. The van der Waals surface area contributed by atoms with E-state index in [-0.39, 0.29) is 11.9 Å². The molecule has 1 atom stereocenters. The van der Waals surface area contributed by atoms with E-state index in [0.717, 1.165) is 13.0 Å². The summed E-state index contributed by atoms with van der Waals surface area (Å²) < 4.78 is 9.24. The molecule has 0 heterocycles. The fourth-order valence-corrected chi connectivity index (χ4v) is 1.01. The maximum atomic E-state index is 11.5. The number of rotatable bonds is 5. The molecule has 0 aliphatic carbocycles.